The molecule has 0 heterocycles. The second-order valence-electron chi connectivity index (χ2n) is 5.16. The lowest BCUT2D eigenvalue weighted by molar-refractivity contribution is -0.143. The predicted octanol–water partition coefficient (Wildman–Crippen LogP) is 3.21. The van der Waals surface area contributed by atoms with Gasteiger partial charge in [-0.3, -0.25) is 4.79 Å². The zero-order valence-electron chi connectivity index (χ0n) is 11.8. The van der Waals surface area contributed by atoms with Crippen molar-refractivity contribution in [1.29, 1.82) is 0 Å². The van der Waals surface area contributed by atoms with Gasteiger partial charge in [0.15, 0.2) is 0 Å². The van der Waals surface area contributed by atoms with Crippen molar-refractivity contribution in [2.24, 2.45) is 11.8 Å². The van der Waals surface area contributed by atoms with Crippen LogP contribution in [0.5, 0.6) is 5.75 Å². The van der Waals surface area contributed by atoms with Crippen LogP contribution in [0.2, 0.25) is 0 Å². The fourth-order valence-electron chi connectivity index (χ4n) is 2.23. The Morgan fingerprint density at radius 1 is 1.33 bits per heavy atom. The number of hydrogen-bond donors (Lipinski definition) is 1. The van der Waals surface area contributed by atoms with Crippen molar-refractivity contribution in [3.8, 4) is 5.75 Å². The van der Waals surface area contributed by atoms with Crippen LogP contribution in [0.25, 0.3) is 0 Å². The highest BCUT2D eigenvalue weighted by atomic mass is 16.5. The van der Waals surface area contributed by atoms with Crippen molar-refractivity contribution in [2.75, 3.05) is 7.11 Å². The topological polar surface area (TPSA) is 46.5 Å². The molecule has 0 aromatic heterocycles. The molecule has 0 bridgehead atoms. The van der Waals surface area contributed by atoms with E-state index < -0.39 is 5.97 Å². The quantitative estimate of drug-likeness (QED) is 0.872. The molecular weight excluding hydrogens is 228 g/mol. The Hall–Kier alpha value is -1.51. The van der Waals surface area contributed by atoms with Crippen molar-refractivity contribution in [3.05, 3.63) is 28.8 Å². The van der Waals surface area contributed by atoms with Crippen LogP contribution in [0.15, 0.2) is 12.1 Å². The average molecular weight is 250 g/mol. The predicted molar refractivity (Wildman–Crippen MR) is 72.1 cm³/mol. The van der Waals surface area contributed by atoms with Gasteiger partial charge in [-0.2, -0.15) is 0 Å². The molecule has 0 saturated carbocycles. The molecule has 1 aromatic carbocycles. The van der Waals surface area contributed by atoms with E-state index >= 15 is 0 Å². The molecule has 1 N–H and O–H groups in total. The Kier molecular flexibility index (Phi) is 4.76. The number of hydrogen-bond acceptors (Lipinski definition) is 2. The van der Waals surface area contributed by atoms with Crippen LogP contribution in [0.1, 0.15) is 30.5 Å². The zero-order chi connectivity index (χ0) is 13.9. The summed E-state index contributed by atoms with van der Waals surface area (Å²) >= 11 is 0. The van der Waals surface area contributed by atoms with Gasteiger partial charge >= 0.3 is 5.97 Å². The third-order valence-electron chi connectivity index (χ3n) is 3.34. The van der Waals surface area contributed by atoms with Crippen LogP contribution in [0.4, 0.5) is 0 Å². The Morgan fingerprint density at radius 2 is 1.94 bits per heavy atom. The van der Waals surface area contributed by atoms with E-state index in [9.17, 15) is 9.90 Å². The molecule has 0 radical (unpaired) electrons. The molecular formula is C15H22O3. The summed E-state index contributed by atoms with van der Waals surface area (Å²) in [4.78, 5) is 11.3. The largest absolute Gasteiger partial charge is 0.496 e. The summed E-state index contributed by atoms with van der Waals surface area (Å²) in [6, 6.07) is 4.03. The number of ether oxygens (including phenoxy) is 1. The Bertz CT molecular complexity index is 436. The van der Waals surface area contributed by atoms with E-state index in [4.69, 9.17) is 4.74 Å². The van der Waals surface area contributed by atoms with Crippen LogP contribution in [0, 0.1) is 25.7 Å². The van der Waals surface area contributed by atoms with Crippen molar-refractivity contribution >= 4 is 5.97 Å². The Labute approximate surface area is 109 Å². The van der Waals surface area contributed by atoms with E-state index in [1.54, 1.807) is 7.11 Å². The minimum absolute atomic E-state index is 0.105. The molecule has 0 fully saturated rings. The van der Waals surface area contributed by atoms with E-state index in [2.05, 4.69) is 6.07 Å². The van der Waals surface area contributed by atoms with Crippen LogP contribution in [0.3, 0.4) is 0 Å². The highest BCUT2D eigenvalue weighted by Gasteiger charge is 2.24. The van der Waals surface area contributed by atoms with Gasteiger partial charge in [-0.15, -0.1) is 0 Å². The van der Waals surface area contributed by atoms with Crippen molar-refractivity contribution in [3.63, 3.8) is 0 Å². The smallest absolute Gasteiger partial charge is 0.307 e. The van der Waals surface area contributed by atoms with E-state index in [0.717, 1.165) is 22.4 Å². The molecule has 0 saturated heterocycles. The van der Waals surface area contributed by atoms with E-state index in [-0.39, 0.29) is 11.8 Å². The molecule has 3 nitrogen and oxygen atoms in total. The highest BCUT2D eigenvalue weighted by Crippen LogP contribution is 2.29. The number of rotatable bonds is 5. The number of aliphatic carboxylic acids is 1. The second-order valence-corrected chi connectivity index (χ2v) is 5.16. The molecule has 0 aliphatic carbocycles. The zero-order valence-corrected chi connectivity index (χ0v) is 11.8. The van der Waals surface area contributed by atoms with Gasteiger partial charge < -0.3 is 9.84 Å². The van der Waals surface area contributed by atoms with Crippen LogP contribution in [-0.2, 0) is 11.2 Å². The first kappa shape index (κ1) is 14.6. The van der Waals surface area contributed by atoms with Gasteiger partial charge in [0.1, 0.15) is 5.75 Å². The molecule has 1 rings (SSSR count). The van der Waals surface area contributed by atoms with Crippen molar-refractivity contribution < 1.29 is 14.6 Å². The van der Waals surface area contributed by atoms with E-state index in [1.165, 1.54) is 0 Å². The summed E-state index contributed by atoms with van der Waals surface area (Å²) in [5, 5.41) is 9.27. The van der Waals surface area contributed by atoms with Gasteiger partial charge in [0.25, 0.3) is 0 Å². The molecule has 1 unspecified atom stereocenters. The normalized spacial score (nSPS) is 12.6. The summed E-state index contributed by atoms with van der Waals surface area (Å²) in [7, 11) is 1.63. The summed E-state index contributed by atoms with van der Waals surface area (Å²) in [5.41, 5.74) is 3.23. The molecule has 1 aromatic rings. The molecule has 0 aliphatic rings. The SMILES string of the molecule is COc1cc(C)cc(C)c1CC(C(=O)O)C(C)C. The minimum atomic E-state index is -0.743. The molecule has 1 atom stereocenters. The highest BCUT2D eigenvalue weighted by molar-refractivity contribution is 5.71. The van der Waals surface area contributed by atoms with Gasteiger partial charge in [0.2, 0.25) is 0 Å². The summed E-state index contributed by atoms with van der Waals surface area (Å²) in [5.74, 6) is -0.223. The molecule has 0 aliphatic heterocycles. The lowest BCUT2D eigenvalue weighted by atomic mass is 9.87. The number of carboxylic acids is 1. The third kappa shape index (κ3) is 3.25. The van der Waals surface area contributed by atoms with Crippen LogP contribution < -0.4 is 4.74 Å². The van der Waals surface area contributed by atoms with E-state index in [0.29, 0.717) is 6.42 Å². The first-order valence-electron chi connectivity index (χ1n) is 6.23. The molecule has 0 spiro atoms. The summed E-state index contributed by atoms with van der Waals surface area (Å²) < 4.78 is 5.37. The van der Waals surface area contributed by atoms with Gasteiger partial charge in [-0.05, 0) is 48.9 Å². The fourth-order valence-corrected chi connectivity index (χ4v) is 2.23. The molecule has 18 heavy (non-hydrogen) atoms. The number of carboxylic acid groups (broad SMARTS) is 1. The summed E-state index contributed by atoms with van der Waals surface area (Å²) in [6.07, 6.45) is 0.516. The number of methoxy groups -OCH3 is 1. The summed E-state index contributed by atoms with van der Waals surface area (Å²) in [6.45, 7) is 7.89. The first-order valence-corrected chi connectivity index (χ1v) is 6.23. The number of carbonyl (C=O) groups is 1. The van der Waals surface area contributed by atoms with Crippen molar-refractivity contribution in [1.82, 2.24) is 0 Å². The average Bonchev–Trinajstić information content (AvgIpc) is 2.25. The van der Waals surface area contributed by atoms with Gasteiger partial charge in [-0.1, -0.05) is 19.9 Å². The standard InChI is InChI=1S/C15H22O3/c1-9(2)12(15(16)17)8-13-11(4)6-10(3)7-14(13)18-5/h6-7,9,12H,8H2,1-5H3,(H,16,17). The lowest BCUT2D eigenvalue weighted by Crippen LogP contribution is -2.22. The van der Waals surface area contributed by atoms with Gasteiger partial charge in [0.05, 0.1) is 13.0 Å². The Morgan fingerprint density at radius 3 is 2.39 bits per heavy atom. The monoisotopic (exact) mass is 250 g/mol. The van der Waals surface area contributed by atoms with Gasteiger partial charge in [-0.25, -0.2) is 0 Å². The third-order valence-corrected chi connectivity index (χ3v) is 3.34. The van der Waals surface area contributed by atoms with E-state index in [1.807, 2.05) is 33.8 Å². The van der Waals surface area contributed by atoms with Crippen LogP contribution in [-0.4, -0.2) is 18.2 Å². The fraction of sp³-hybridized carbons (Fsp3) is 0.533. The first-order chi connectivity index (χ1) is 8.36. The molecule has 0 amide bonds. The Balaban J connectivity index is 3.13. The second kappa shape index (κ2) is 5.89. The maximum Gasteiger partial charge on any atom is 0.307 e. The maximum atomic E-state index is 11.3. The molecule has 100 valence electrons. The lowest BCUT2D eigenvalue weighted by Gasteiger charge is -2.20. The van der Waals surface area contributed by atoms with Crippen LogP contribution >= 0.6 is 0 Å². The van der Waals surface area contributed by atoms with Crippen molar-refractivity contribution in [2.45, 2.75) is 34.1 Å². The molecule has 3 heteroatoms. The van der Waals surface area contributed by atoms with Gasteiger partial charge in [0, 0.05) is 0 Å². The minimum Gasteiger partial charge on any atom is -0.496 e. The number of aryl methyl sites for hydroxylation is 2. The maximum absolute atomic E-state index is 11.3. The number of benzene rings is 1.